The molecule has 2 aromatic heterocycles. The van der Waals surface area contributed by atoms with Gasteiger partial charge in [-0.15, -0.1) is 0 Å². The third kappa shape index (κ3) is 4.67. The predicted molar refractivity (Wildman–Crippen MR) is 144 cm³/mol. The lowest BCUT2D eigenvalue weighted by Crippen LogP contribution is -2.48. The summed E-state index contributed by atoms with van der Waals surface area (Å²) >= 11 is 12.5. The van der Waals surface area contributed by atoms with Gasteiger partial charge in [0.05, 0.1) is 34.5 Å². The number of aromatic nitrogens is 4. The van der Waals surface area contributed by atoms with Crippen LogP contribution in [0.4, 0.5) is 10.7 Å². The molecule has 6 rings (SSSR count). The van der Waals surface area contributed by atoms with E-state index in [2.05, 4.69) is 10.3 Å². The van der Waals surface area contributed by atoms with Gasteiger partial charge in [-0.1, -0.05) is 29.6 Å². The Labute approximate surface area is 230 Å². The number of benzene rings is 1. The van der Waals surface area contributed by atoms with Crippen molar-refractivity contribution in [3.63, 3.8) is 0 Å². The van der Waals surface area contributed by atoms with Crippen molar-refractivity contribution in [1.82, 2.24) is 29.3 Å². The van der Waals surface area contributed by atoms with E-state index >= 15 is 0 Å². The summed E-state index contributed by atoms with van der Waals surface area (Å²) in [5.41, 5.74) is 7.89. The number of urea groups is 1. The SMILES string of the molecule is NC(=O)N1Cc2nc(-c3ccc(Cl)c(Cl)c3)n(-c3ccnc(N[C@H]4CCCN(C(=O)C5CCC5)C4)n3)c2C1. The fourth-order valence-corrected chi connectivity index (χ4v) is 5.67. The van der Waals surface area contributed by atoms with Crippen LogP contribution in [0.3, 0.4) is 0 Å². The van der Waals surface area contributed by atoms with Crippen LogP contribution < -0.4 is 11.1 Å². The number of halogens is 2. The molecule has 2 aliphatic heterocycles. The van der Waals surface area contributed by atoms with E-state index in [0.717, 1.165) is 55.6 Å². The lowest BCUT2D eigenvalue weighted by Gasteiger charge is -2.37. The van der Waals surface area contributed by atoms with Gasteiger partial charge in [0.15, 0.2) is 0 Å². The molecule has 0 bridgehead atoms. The van der Waals surface area contributed by atoms with Gasteiger partial charge < -0.3 is 20.9 Å². The Bertz CT molecular complexity index is 1410. The number of anilines is 1. The molecule has 2 fully saturated rings. The smallest absolute Gasteiger partial charge is 0.315 e. The molecule has 38 heavy (non-hydrogen) atoms. The van der Waals surface area contributed by atoms with E-state index in [4.69, 9.17) is 38.9 Å². The Morgan fingerprint density at radius 1 is 1.00 bits per heavy atom. The highest BCUT2D eigenvalue weighted by atomic mass is 35.5. The van der Waals surface area contributed by atoms with Crippen molar-refractivity contribution in [1.29, 1.82) is 0 Å². The normalized spacial score (nSPS) is 19.3. The summed E-state index contributed by atoms with van der Waals surface area (Å²) in [6.45, 7) is 2.08. The van der Waals surface area contributed by atoms with Crippen LogP contribution in [-0.4, -0.2) is 60.4 Å². The van der Waals surface area contributed by atoms with E-state index < -0.39 is 6.03 Å². The van der Waals surface area contributed by atoms with Crippen molar-refractivity contribution in [3.05, 3.63) is 51.9 Å². The van der Waals surface area contributed by atoms with Gasteiger partial charge in [-0.25, -0.2) is 14.8 Å². The molecule has 1 atom stereocenters. The van der Waals surface area contributed by atoms with Crippen molar-refractivity contribution < 1.29 is 9.59 Å². The molecule has 3 amide bonds. The van der Waals surface area contributed by atoms with E-state index in [-0.39, 0.29) is 17.9 Å². The van der Waals surface area contributed by atoms with Gasteiger partial charge in [0, 0.05) is 36.8 Å². The first-order chi connectivity index (χ1) is 18.4. The second-order valence-corrected chi connectivity index (χ2v) is 10.9. The molecule has 3 N–H and O–H groups in total. The second-order valence-electron chi connectivity index (χ2n) is 10.1. The third-order valence-electron chi connectivity index (χ3n) is 7.62. The van der Waals surface area contributed by atoms with Crippen LogP contribution in [0.2, 0.25) is 10.0 Å². The molecule has 4 heterocycles. The van der Waals surface area contributed by atoms with E-state index in [1.54, 1.807) is 24.4 Å². The fraction of sp³-hybridized carbons (Fsp3) is 0.423. The molecule has 0 spiro atoms. The molecule has 1 aliphatic carbocycles. The molecule has 198 valence electrons. The average molecular weight is 555 g/mol. The first-order valence-corrected chi connectivity index (χ1v) is 13.6. The maximum atomic E-state index is 12.8. The van der Waals surface area contributed by atoms with Crippen LogP contribution in [0, 0.1) is 5.92 Å². The van der Waals surface area contributed by atoms with Crippen LogP contribution in [0.1, 0.15) is 43.5 Å². The van der Waals surface area contributed by atoms with Crippen molar-refractivity contribution >= 4 is 41.1 Å². The number of primary amides is 1. The highest BCUT2D eigenvalue weighted by molar-refractivity contribution is 6.42. The number of amides is 3. The summed E-state index contributed by atoms with van der Waals surface area (Å²) in [6, 6.07) is 6.70. The Morgan fingerprint density at radius 3 is 2.58 bits per heavy atom. The number of fused-ring (bicyclic) bond motifs is 1. The number of carbonyl (C=O) groups excluding carboxylic acids is 2. The molecular weight excluding hydrogens is 527 g/mol. The van der Waals surface area contributed by atoms with Crippen LogP contribution in [0.25, 0.3) is 17.2 Å². The zero-order valence-corrected chi connectivity index (χ0v) is 22.3. The van der Waals surface area contributed by atoms with E-state index in [1.165, 1.54) is 4.90 Å². The standard InChI is InChI=1S/C26H28Cl2N8O2/c27-18-7-6-16(11-19(18)28)23-32-20-13-35(25(29)38)14-21(20)36(23)22-8-9-30-26(33-22)31-17-5-2-10-34(12-17)24(37)15-3-1-4-15/h6-9,11,15,17H,1-5,10,12-14H2,(H2,29,38)(H,30,31,33)/t17-/m0/s1. The summed E-state index contributed by atoms with van der Waals surface area (Å²) in [6.07, 6.45) is 6.71. The van der Waals surface area contributed by atoms with Gasteiger partial charge in [-0.2, -0.15) is 4.98 Å². The monoisotopic (exact) mass is 554 g/mol. The summed E-state index contributed by atoms with van der Waals surface area (Å²) < 4.78 is 1.91. The third-order valence-corrected chi connectivity index (χ3v) is 8.36. The minimum atomic E-state index is -0.506. The van der Waals surface area contributed by atoms with Crippen LogP contribution in [0.5, 0.6) is 0 Å². The van der Waals surface area contributed by atoms with Gasteiger partial charge in [0.1, 0.15) is 11.6 Å². The number of carbonyl (C=O) groups is 2. The first kappa shape index (κ1) is 24.9. The van der Waals surface area contributed by atoms with Crippen molar-refractivity contribution in [2.24, 2.45) is 11.7 Å². The van der Waals surface area contributed by atoms with Crippen molar-refractivity contribution in [2.75, 3.05) is 18.4 Å². The maximum Gasteiger partial charge on any atom is 0.315 e. The van der Waals surface area contributed by atoms with E-state index in [1.807, 2.05) is 15.5 Å². The molecule has 1 saturated heterocycles. The zero-order valence-electron chi connectivity index (χ0n) is 20.7. The van der Waals surface area contributed by atoms with Gasteiger partial charge in [0.2, 0.25) is 11.9 Å². The number of nitrogens with zero attached hydrogens (tertiary/aromatic N) is 6. The Kier molecular flexibility index (Phi) is 6.61. The number of hydrogen-bond acceptors (Lipinski definition) is 6. The van der Waals surface area contributed by atoms with E-state index in [9.17, 15) is 9.59 Å². The predicted octanol–water partition coefficient (Wildman–Crippen LogP) is 4.23. The highest BCUT2D eigenvalue weighted by Gasteiger charge is 2.33. The van der Waals surface area contributed by atoms with Gasteiger partial charge >= 0.3 is 6.03 Å². The number of imidazole rings is 1. The molecule has 0 radical (unpaired) electrons. The first-order valence-electron chi connectivity index (χ1n) is 12.9. The van der Waals surface area contributed by atoms with Crippen molar-refractivity contribution in [3.8, 4) is 17.2 Å². The quantitative estimate of drug-likeness (QED) is 0.486. The molecule has 3 aromatic rings. The van der Waals surface area contributed by atoms with Gasteiger partial charge in [-0.05, 0) is 49.9 Å². The highest BCUT2D eigenvalue weighted by Crippen LogP contribution is 2.34. The number of likely N-dealkylation sites (tertiary alicyclic amines) is 1. The number of nitrogens with one attached hydrogen (secondary N) is 1. The number of hydrogen-bond donors (Lipinski definition) is 2. The summed E-state index contributed by atoms with van der Waals surface area (Å²) in [5, 5.41) is 4.31. The molecule has 0 unspecified atom stereocenters. The molecule has 1 saturated carbocycles. The maximum absolute atomic E-state index is 12.8. The largest absolute Gasteiger partial charge is 0.351 e. The summed E-state index contributed by atoms with van der Waals surface area (Å²) in [5.74, 6) is 2.17. The molecule has 1 aromatic carbocycles. The lowest BCUT2D eigenvalue weighted by atomic mass is 9.84. The summed E-state index contributed by atoms with van der Waals surface area (Å²) in [7, 11) is 0. The lowest BCUT2D eigenvalue weighted by molar-refractivity contribution is -0.139. The average Bonchev–Trinajstić information content (AvgIpc) is 3.43. The fourth-order valence-electron chi connectivity index (χ4n) is 5.37. The van der Waals surface area contributed by atoms with Crippen LogP contribution in [-0.2, 0) is 17.9 Å². The molecular formula is C26H28Cl2N8O2. The number of nitrogens with two attached hydrogens (primary N) is 1. The Hall–Kier alpha value is -3.37. The Morgan fingerprint density at radius 2 is 1.84 bits per heavy atom. The second kappa shape index (κ2) is 10.1. The summed E-state index contributed by atoms with van der Waals surface area (Å²) in [4.78, 5) is 42.3. The van der Waals surface area contributed by atoms with Gasteiger partial charge in [-0.3, -0.25) is 9.36 Å². The van der Waals surface area contributed by atoms with E-state index in [0.29, 0.717) is 47.3 Å². The number of piperidine rings is 1. The zero-order chi connectivity index (χ0) is 26.4. The molecule has 10 nitrogen and oxygen atoms in total. The van der Waals surface area contributed by atoms with Gasteiger partial charge in [0.25, 0.3) is 0 Å². The van der Waals surface area contributed by atoms with Crippen molar-refractivity contribution in [2.45, 2.75) is 51.2 Å². The minimum Gasteiger partial charge on any atom is -0.351 e. The Balaban J connectivity index is 1.30. The minimum absolute atomic E-state index is 0.0661. The van der Waals surface area contributed by atoms with Crippen LogP contribution in [0.15, 0.2) is 30.5 Å². The molecule has 3 aliphatic rings. The van der Waals surface area contributed by atoms with Crippen LogP contribution >= 0.6 is 23.2 Å². The molecule has 12 heteroatoms. The number of rotatable bonds is 5. The topological polar surface area (TPSA) is 122 Å².